The number of carboxylic acids is 1. The van der Waals surface area contributed by atoms with Crippen LogP contribution in [0.2, 0.25) is 0 Å². The Labute approximate surface area is 117 Å². The molecule has 20 heavy (non-hydrogen) atoms. The Hall–Kier alpha value is -2.34. The van der Waals surface area contributed by atoms with E-state index in [1.165, 1.54) is 23.9 Å². The van der Waals surface area contributed by atoms with E-state index in [0.29, 0.717) is 20.8 Å². The fourth-order valence-corrected chi connectivity index (χ4v) is 2.95. The van der Waals surface area contributed by atoms with Gasteiger partial charge >= 0.3 is 5.97 Å². The first-order valence-corrected chi connectivity index (χ1v) is 6.60. The maximum atomic E-state index is 13.2. The molecule has 0 fully saturated rings. The zero-order chi connectivity index (χ0) is 14.1. The minimum Gasteiger partial charge on any atom is -0.477 e. The van der Waals surface area contributed by atoms with E-state index in [-0.39, 0.29) is 11.5 Å². The molecule has 0 bridgehead atoms. The molecule has 0 aliphatic heterocycles. The van der Waals surface area contributed by atoms with Crippen molar-refractivity contribution in [2.24, 2.45) is 0 Å². The van der Waals surface area contributed by atoms with Crippen LogP contribution >= 0.6 is 11.8 Å². The molecule has 0 amide bonds. The number of hydrogen-bond acceptors (Lipinski definition) is 3. The maximum absolute atomic E-state index is 13.2. The zero-order valence-corrected chi connectivity index (χ0v) is 10.9. The molecule has 6 heteroatoms. The van der Waals surface area contributed by atoms with Crippen molar-refractivity contribution in [1.82, 2.24) is 9.97 Å². The molecule has 0 spiro atoms. The summed E-state index contributed by atoms with van der Waals surface area (Å²) < 4.78 is 13.2. The molecular weight excluding hydrogens is 279 g/mol. The number of pyridine rings is 1. The molecule has 0 saturated carbocycles. The van der Waals surface area contributed by atoms with Gasteiger partial charge in [-0.3, -0.25) is 4.98 Å². The highest BCUT2D eigenvalue weighted by Crippen LogP contribution is 2.35. The van der Waals surface area contributed by atoms with Crippen LogP contribution < -0.4 is 0 Å². The minimum atomic E-state index is -1.07. The van der Waals surface area contributed by atoms with E-state index in [9.17, 15) is 14.3 Å². The molecule has 3 rings (SSSR count). The Balaban J connectivity index is 2.14. The summed E-state index contributed by atoms with van der Waals surface area (Å²) in [6.07, 6.45) is 1.59. The van der Waals surface area contributed by atoms with Crippen LogP contribution in [0.5, 0.6) is 0 Å². The van der Waals surface area contributed by atoms with E-state index in [4.69, 9.17) is 0 Å². The number of carbonyl (C=O) groups is 1. The van der Waals surface area contributed by atoms with Gasteiger partial charge in [0.05, 0.1) is 10.4 Å². The topological polar surface area (TPSA) is 66.0 Å². The van der Waals surface area contributed by atoms with Crippen LogP contribution in [0.3, 0.4) is 0 Å². The van der Waals surface area contributed by atoms with Gasteiger partial charge in [-0.1, -0.05) is 17.8 Å². The fourth-order valence-electron chi connectivity index (χ4n) is 1.90. The molecule has 2 N–H and O–H groups in total. The number of benzene rings is 1. The summed E-state index contributed by atoms with van der Waals surface area (Å²) in [5.41, 5.74) is 1.27. The molecule has 4 nitrogen and oxygen atoms in total. The fraction of sp³-hybridized carbons (Fsp3) is 0. The average Bonchev–Trinajstić information content (AvgIpc) is 2.78. The van der Waals surface area contributed by atoms with Crippen molar-refractivity contribution < 1.29 is 14.3 Å². The van der Waals surface area contributed by atoms with Crippen LogP contribution in [0.15, 0.2) is 52.4 Å². The summed E-state index contributed by atoms with van der Waals surface area (Å²) in [4.78, 5) is 19.4. The molecule has 1 aromatic carbocycles. The second-order valence-corrected chi connectivity index (χ2v) is 5.18. The van der Waals surface area contributed by atoms with Crippen molar-refractivity contribution in [2.75, 3.05) is 0 Å². The van der Waals surface area contributed by atoms with E-state index >= 15 is 0 Å². The smallest absolute Gasteiger partial charge is 0.353 e. The quantitative estimate of drug-likeness (QED) is 0.773. The third-order valence-electron chi connectivity index (χ3n) is 2.74. The first kappa shape index (κ1) is 12.7. The molecule has 100 valence electrons. The predicted octanol–water partition coefficient (Wildman–Crippen LogP) is 3.55. The number of aromatic carboxylic acids is 1. The summed E-state index contributed by atoms with van der Waals surface area (Å²) in [6.45, 7) is 0. The number of halogens is 1. The number of nitrogens with one attached hydrogen (secondary N) is 1. The van der Waals surface area contributed by atoms with Crippen LogP contribution in [-0.4, -0.2) is 21.0 Å². The normalized spacial score (nSPS) is 10.8. The third-order valence-corrected chi connectivity index (χ3v) is 3.83. The van der Waals surface area contributed by atoms with Crippen molar-refractivity contribution in [1.29, 1.82) is 0 Å². The lowest BCUT2D eigenvalue weighted by Gasteiger charge is -2.01. The molecule has 0 aliphatic carbocycles. The SMILES string of the molecule is O=C(O)c1[nH]c2cccnc2c1Sc1cccc(F)c1. The van der Waals surface area contributed by atoms with Crippen molar-refractivity contribution in [3.63, 3.8) is 0 Å². The molecule has 0 saturated heterocycles. The van der Waals surface area contributed by atoms with Gasteiger partial charge in [0.15, 0.2) is 0 Å². The lowest BCUT2D eigenvalue weighted by molar-refractivity contribution is 0.0687. The molecule has 2 heterocycles. The highest BCUT2D eigenvalue weighted by Gasteiger charge is 2.19. The van der Waals surface area contributed by atoms with Gasteiger partial charge < -0.3 is 10.1 Å². The van der Waals surface area contributed by atoms with Gasteiger partial charge in [-0.2, -0.15) is 0 Å². The first-order valence-electron chi connectivity index (χ1n) is 5.78. The summed E-state index contributed by atoms with van der Waals surface area (Å²) in [6, 6.07) is 9.49. The van der Waals surface area contributed by atoms with E-state index in [2.05, 4.69) is 9.97 Å². The Morgan fingerprint density at radius 1 is 1.30 bits per heavy atom. The minimum absolute atomic E-state index is 0.0629. The highest BCUT2D eigenvalue weighted by atomic mass is 32.2. The predicted molar refractivity (Wildman–Crippen MR) is 73.6 cm³/mol. The number of fused-ring (bicyclic) bond motifs is 1. The monoisotopic (exact) mass is 288 g/mol. The number of hydrogen-bond donors (Lipinski definition) is 2. The van der Waals surface area contributed by atoms with Crippen LogP contribution in [0.4, 0.5) is 4.39 Å². The number of carboxylic acid groups (broad SMARTS) is 1. The van der Waals surface area contributed by atoms with Gasteiger partial charge in [-0.25, -0.2) is 9.18 Å². The van der Waals surface area contributed by atoms with Gasteiger partial charge in [0.2, 0.25) is 0 Å². The molecular formula is C14H9FN2O2S. The Kier molecular flexibility index (Phi) is 3.15. The van der Waals surface area contributed by atoms with E-state index in [0.717, 1.165) is 0 Å². The maximum Gasteiger partial charge on any atom is 0.353 e. The van der Waals surface area contributed by atoms with Crippen molar-refractivity contribution in [3.8, 4) is 0 Å². The Morgan fingerprint density at radius 2 is 2.15 bits per heavy atom. The van der Waals surface area contributed by atoms with Crippen molar-refractivity contribution in [3.05, 3.63) is 54.1 Å². The van der Waals surface area contributed by atoms with Crippen LogP contribution in [0.1, 0.15) is 10.5 Å². The molecule has 0 atom stereocenters. The Morgan fingerprint density at radius 3 is 2.90 bits per heavy atom. The summed E-state index contributed by atoms with van der Waals surface area (Å²) in [7, 11) is 0. The molecule has 0 radical (unpaired) electrons. The van der Waals surface area contributed by atoms with Gasteiger partial charge in [0.1, 0.15) is 17.0 Å². The number of H-pyrrole nitrogens is 1. The van der Waals surface area contributed by atoms with Crippen molar-refractivity contribution in [2.45, 2.75) is 9.79 Å². The van der Waals surface area contributed by atoms with Crippen molar-refractivity contribution >= 4 is 28.8 Å². The third kappa shape index (κ3) is 2.25. The lowest BCUT2D eigenvalue weighted by Crippen LogP contribution is -1.98. The van der Waals surface area contributed by atoms with Gasteiger partial charge in [0, 0.05) is 11.1 Å². The molecule has 0 aliphatic rings. The lowest BCUT2D eigenvalue weighted by atomic mass is 10.3. The van der Waals surface area contributed by atoms with Crippen LogP contribution in [0, 0.1) is 5.82 Å². The molecule has 0 unspecified atom stereocenters. The van der Waals surface area contributed by atoms with E-state index in [1.54, 1.807) is 30.5 Å². The first-order chi connectivity index (χ1) is 9.65. The zero-order valence-electron chi connectivity index (χ0n) is 10.1. The largest absolute Gasteiger partial charge is 0.477 e. The Bertz CT molecular complexity index is 801. The van der Waals surface area contributed by atoms with E-state index in [1.807, 2.05) is 0 Å². The summed E-state index contributed by atoms with van der Waals surface area (Å²) in [5, 5.41) is 9.25. The number of nitrogens with zero attached hydrogens (tertiary/aromatic N) is 1. The van der Waals surface area contributed by atoms with Crippen LogP contribution in [-0.2, 0) is 0 Å². The van der Waals surface area contributed by atoms with E-state index < -0.39 is 5.97 Å². The summed E-state index contributed by atoms with van der Waals surface area (Å²) in [5.74, 6) is -1.43. The highest BCUT2D eigenvalue weighted by molar-refractivity contribution is 7.99. The second-order valence-electron chi connectivity index (χ2n) is 4.09. The second kappa shape index (κ2) is 4.97. The number of aromatic nitrogens is 2. The standard InChI is InChI=1S/C14H9FN2O2S/c15-8-3-1-4-9(7-8)20-13-11-10(5-2-6-16-11)17-12(13)14(18)19/h1-7,17H,(H,18,19). The van der Waals surface area contributed by atoms with Gasteiger partial charge in [-0.05, 0) is 30.3 Å². The summed E-state index contributed by atoms with van der Waals surface area (Å²) >= 11 is 1.18. The van der Waals surface area contributed by atoms with Crippen LogP contribution in [0.25, 0.3) is 11.0 Å². The average molecular weight is 288 g/mol. The molecule has 2 aromatic heterocycles. The number of rotatable bonds is 3. The number of aromatic amines is 1. The van der Waals surface area contributed by atoms with Gasteiger partial charge in [0.25, 0.3) is 0 Å². The van der Waals surface area contributed by atoms with Gasteiger partial charge in [-0.15, -0.1) is 0 Å². The molecule has 3 aromatic rings.